The van der Waals surface area contributed by atoms with Gasteiger partial charge in [-0.25, -0.2) is 18.7 Å². The number of hydrogen-bond acceptors (Lipinski definition) is 7. The van der Waals surface area contributed by atoms with Crippen molar-refractivity contribution in [3.8, 4) is 10.4 Å². The molecular weight excluding hydrogens is 488 g/mol. The van der Waals surface area contributed by atoms with Gasteiger partial charge in [-0.3, -0.25) is 9.59 Å². The van der Waals surface area contributed by atoms with Crippen molar-refractivity contribution < 1.29 is 23.5 Å². The van der Waals surface area contributed by atoms with Crippen molar-refractivity contribution in [2.45, 2.75) is 78.4 Å². The summed E-state index contributed by atoms with van der Waals surface area (Å²) in [6, 6.07) is 1.21. The minimum absolute atomic E-state index is 0.0417. The van der Waals surface area contributed by atoms with Gasteiger partial charge in [0.15, 0.2) is 5.01 Å². The number of carbonyl (C=O) groups is 2. The van der Waals surface area contributed by atoms with Crippen LogP contribution >= 0.6 is 11.3 Å². The first-order valence-electron chi connectivity index (χ1n) is 12.2. The number of aliphatic hydroxyl groups is 1. The number of alkyl halides is 2. The average Bonchev–Trinajstić information content (AvgIpc) is 3.28. The fraction of sp³-hybridized carbons (Fsp3) is 0.600. The molecule has 0 saturated heterocycles. The molecule has 1 atom stereocenters. The van der Waals surface area contributed by atoms with E-state index in [-0.39, 0.29) is 39.3 Å². The molecule has 0 radical (unpaired) electrons. The highest BCUT2D eigenvalue weighted by Gasteiger charge is 2.30. The lowest BCUT2D eigenvalue weighted by Crippen LogP contribution is -2.38. The number of thiazole rings is 1. The first kappa shape index (κ1) is 29.6. The molecule has 0 aliphatic rings. The van der Waals surface area contributed by atoms with Crippen LogP contribution in [-0.4, -0.2) is 63.6 Å². The maximum absolute atomic E-state index is 14.1. The lowest BCUT2D eigenvalue weighted by Gasteiger charge is -2.26. The number of aromatic nitrogens is 2. The van der Waals surface area contributed by atoms with E-state index < -0.39 is 23.8 Å². The molecule has 0 bridgehead atoms. The van der Waals surface area contributed by atoms with E-state index in [0.717, 1.165) is 37.0 Å². The zero-order valence-corrected chi connectivity index (χ0v) is 22.6. The molecule has 2 heterocycles. The number of nitrogens with one attached hydrogen (secondary N) is 2. The normalized spacial score (nSPS) is 12.5. The lowest BCUT2D eigenvalue weighted by atomic mass is 10.1. The van der Waals surface area contributed by atoms with Crippen molar-refractivity contribution >= 4 is 29.0 Å². The van der Waals surface area contributed by atoms with E-state index in [4.69, 9.17) is 0 Å². The molecule has 8 nitrogen and oxygen atoms in total. The summed E-state index contributed by atoms with van der Waals surface area (Å²) in [5.74, 6) is -0.738. The second kappa shape index (κ2) is 13.0. The van der Waals surface area contributed by atoms with Gasteiger partial charge in [0, 0.05) is 43.5 Å². The Morgan fingerprint density at radius 1 is 1.22 bits per heavy atom. The van der Waals surface area contributed by atoms with Crippen molar-refractivity contribution in [3.63, 3.8) is 0 Å². The Balaban J connectivity index is 2.60. The van der Waals surface area contributed by atoms with Crippen LogP contribution in [0.4, 0.5) is 14.6 Å². The fourth-order valence-electron chi connectivity index (χ4n) is 3.65. The fourth-order valence-corrected chi connectivity index (χ4v) is 4.65. The highest BCUT2D eigenvalue weighted by Crippen LogP contribution is 2.38. The van der Waals surface area contributed by atoms with Crippen LogP contribution in [0.25, 0.3) is 10.4 Å². The molecule has 0 aliphatic heterocycles. The molecule has 1 unspecified atom stereocenters. The van der Waals surface area contributed by atoms with Gasteiger partial charge in [0.25, 0.3) is 18.2 Å². The molecule has 200 valence electrons. The van der Waals surface area contributed by atoms with E-state index in [1.54, 1.807) is 11.9 Å². The second-order valence-corrected chi connectivity index (χ2v) is 10.3. The first-order valence-corrected chi connectivity index (χ1v) is 13.1. The number of carbonyl (C=O) groups excluding carboxylic acids is 2. The Labute approximate surface area is 215 Å². The minimum atomic E-state index is -2.83. The Morgan fingerprint density at radius 2 is 1.92 bits per heavy atom. The zero-order valence-electron chi connectivity index (χ0n) is 21.8. The Morgan fingerprint density at radius 3 is 2.47 bits per heavy atom. The average molecular weight is 526 g/mol. The quantitative estimate of drug-likeness (QED) is 0.335. The molecule has 2 rings (SSSR count). The van der Waals surface area contributed by atoms with Crippen LogP contribution in [0.15, 0.2) is 12.3 Å². The van der Waals surface area contributed by atoms with Crippen LogP contribution in [0, 0.1) is 0 Å². The largest absolute Gasteiger partial charge is 0.389 e. The summed E-state index contributed by atoms with van der Waals surface area (Å²) in [4.78, 5) is 36.6. The summed E-state index contributed by atoms with van der Waals surface area (Å²) in [6.07, 6.45) is 1.63. The van der Waals surface area contributed by atoms with Crippen molar-refractivity contribution in [2.24, 2.45) is 0 Å². The molecule has 0 saturated carbocycles. The topological polar surface area (TPSA) is 107 Å². The van der Waals surface area contributed by atoms with E-state index in [1.807, 2.05) is 20.8 Å². The molecule has 3 N–H and O–H groups in total. The van der Waals surface area contributed by atoms with Gasteiger partial charge in [-0.05, 0) is 39.2 Å². The molecule has 0 spiro atoms. The van der Waals surface area contributed by atoms with E-state index in [1.165, 1.54) is 26.1 Å². The number of amides is 2. The first-order chi connectivity index (χ1) is 16.9. The summed E-state index contributed by atoms with van der Waals surface area (Å²) in [5, 5.41) is 15.5. The molecule has 0 aromatic carbocycles. The van der Waals surface area contributed by atoms with Crippen molar-refractivity contribution in [3.05, 3.63) is 28.5 Å². The van der Waals surface area contributed by atoms with Crippen LogP contribution in [0.3, 0.4) is 0 Å². The van der Waals surface area contributed by atoms with Crippen LogP contribution in [0.1, 0.15) is 92.6 Å². The van der Waals surface area contributed by atoms with Crippen LogP contribution in [0.5, 0.6) is 0 Å². The number of anilines is 1. The minimum Gasteiger partial charge on any atom is -0.389 e. The van der Waals surface area contributed by atoms with E-state index in [2.05, 4.69) is 20.6 Å². The van der Waals surface area contributed by atoms with Gasteiger partial charge in [-0.1, -0.05) is 27.2 Å². The SMILES string of the molecule is CCCNc1cc(C(F)F)c(-c2sc(C(=O)NCC(C)(C)O)nc2C(=O)N(C)C(CC)CCC)cn1. The summed E-state index contributed by atoms with van der Waals surface area (Å²) < 4.78 is 28.3. The highest BCUT2D eigenvalue weighted by molar-refractivity contribution is 7.17. The molecule has 2 amide bonds. The molecule has 0 fully saturated rings. The van der Waals surface area contributed by atoms with Gasteiger partial charge < -0.3 is 20.6 Å². The summed E-state index contributed by atoms with van der Waals surface area (Å²) >= 11 is 0.859. The molecule has 2 aromatic heterocycles. The third-order valence-corrected chi connectivity index (χ3v) is 6.73. The Bertz CT molecular complexity index is 1040. The monoisotopic (exact) mass is 525 g/mol. The van der Waals surface area contributed by atoms with Crippen molar-refractivity contribution in [2.75, 3.05) is 25.5 Å². The maximum Gasteiger partial charge on any atom is 0.280 e. The second-order valence-electron chi connectivity index (χ2n) is 9.34. The van der Waals surface area contributed by atoms with Gasteiger partial charge in [0.1, 0.15) is 11.5 Å². The van der Waals surface area contributed by atoms with Gasteiger partial charge in [0.05, 0.1) is 10.5 Å². The number of nitrogens with zero attached hydrogens (tertiary/aromatic N) is 3. The highest BCUT2D eigenvalue weighted by atomic mass is 32.1. The zero-order chi connectivity index (χ0) is 27.0. The van der Waals surface area contributed by atoms with Crippen LogP contribution in [0.2, 0.25) is 0 Å². The molecule has 36 heavy (non-hydrogen) atoms. The maximum atomic E-state index is 14.1. The number of rotatable bonds is 13. The number of hydrogen-bond donors (Lipinski definition) is 3. The molecular formula is C25H37F2N5O3S. The summed E-state index contributed by atoms with van der Waals surface area (Å²) in [6.45, 7) is 9.56. The van der Waals surface area contributed by atoms with Gasteiger partial charge in [0.2, 0.25) is 0 Å². The van der Waals surface area contributed by atoms with Crippen molar-refractivity contribution in [1.29, 1.82) is 0 Å². The van der Waals surface area contributed by atoms with Crippen LogP contribution in [-0.2, 0) is 0 Å². The Kier molecular flexibility index (Phi) is 10.7. The number of pyridine rings is 1. The van der Waals surface area contributed by atoms with Crippen molar-refractivity contribution in [1.82, 2.24) is 20.2 Å². The molecule has 2 aromatic rings. The van der Waals surface area contributed by atoms with Crippen LogP contribution < -0.4 is 10.6 Å². The predicted octanol–water partition coefficient (Wildman–Crippen LogP) is 5.12. The summed E-state index contributed by atoms with van der Waals surface area (Å²) in [5.41, 5.74) is -1.46. The lowest BCUT2D eigenvalue weighted by molar-refractivity contribution is 0.0691. The third kappa shape index (κ3) is 7.67. The standard InChI is InChI=1S/C25H37F2N5O3S/c1-7-10-15(9-3)32(6)24(34)19-20(36-23(31-19)22(33)30-14-25(4,5)35)17-13-29-18(28-11-8-2)12-16(17)21(26)27/h12-13,15,21,35H,7-11,14H2,1-6H3,(H,28,29)(H,30,33). The van der Waals surface area contributed by atoms with E-state index in [9.17, 15) is 23.5 Å². The molecule has 11 heteroatoms. The van der Waals surface area contributed by atoms with Gasteiger partial charge in [-0.15, -0.1) is 11.3 Å². The van der Waals surface area contributed by atoms with Gasteiger partial charge in [-0.2, -0.15) is 0 Å². The number of halogens is 2. The van der Waals surface area contributed by atoms with E-state index in [0.29, 0.717) is 12.4 Å². The third-order valence-electron chi connectivity index (χ3n) is 5.64. The Hall–Kier alpha value is -2.66. The molecule has 0 aliphatic carbocycles. The van der Waals surface area contributed by atoms with E-state index >= 15 is 0 Å². The van der Waals surface area contributed by atoms with Gasteiger partial charge >= 0.3 is 0 Å². The smallest absolute Gasteiger partial charge is 0.280 e. The summed E-state index contributed by atoms with van der Waals surface area (Å²) in [7, 11) is 1.66. The predicted molar refractivity (Wildman–Crippen MR) is 139 cm³/mol.